The number of ether oxygens (including phenoxy) is 1. The van der Waals surface area contributed by atoms with E-state index in [-0.39, 0.29) is 5.56 Å². The highest BCUT2D eigenvalue weighted by Crippen LogP contribution is 2.24. The molecule has 1 atom stereocenters. The van der Waals surface area contributed by atoms with Crippen LogP contribution in [0.15, 0.2) is 53.7 Å². The van der Waals surface area contributed by atoms with E-state index in [1.165, 1.54) is 24.8 Å². The number of para-hydroxylation sites is 1. The summed E-state index contributed by atoms with van der Waals surface area (Å²) in [4.78, 5) is 33.9. The van der Waals surface area contributed by atoms with Crippen molar-refractivity contribution >= 4 is 35.1 Å². The highest BCUT2D eigenvalue weighted by Gasteiger charge is 2.23. The molecule has 4 rings (SSSR count). The third-order valence-electron chi connectivity index (χ3n) is 5.06. The van der Waals surface area contributed by atoms with Gasteiger partial charge in [0, 0.05) is 17.1 Å². The number of carbonyl (C=O) groups is 2. The summed E-state index contributed by atoms with van der Waals surface area (Å²) in [5, 5.41) is 7.06. The van der Waals surface area contributed by atoms with E-state index in [2.05, 4.69) is 20.4 Å². The lowest BCUT2D eigenvalue weighted by molar-refractivity contribution is -0.123. The van der Waals surface area contributed by atoms with Crippen LogP contribution >= 0.6 is 11.8 Å². The minimum absolute atomic E-state index is 0.255. The third kappa shape index (κ3) is 5.46. The predicted molar refractivity (Wildman–Crippen MR) is 126 cm³/mol. The summed E-state index contributed by atoms with van der Waals surface area (Å²) in [7, 11) is 0. The highest BCUT2D eigenvalue weighted by atomic mass is 32.2. The van der Waals surface area contributed by atoms with Crippen molar-refractivity contribution in [1.82, 2.24) is 19.6 Å². The number of amides is 1. The Morgan fingerprint density at radius 1 is 1.09 bits per heavy atom. The quantitative estimate of drug-likeness (QED) is 0.297. The molecule has 2 aromatic heterocycles. The number of aromatic nitrogens is 4. The van der Waals surface area contributed by atoms with Crippen LogP contribution in [0.2, 0.25) is 0 Å². The van der Waals surface area contributed by atoms with Crippen LogP contribution in [0.3, 0.4) is 0 Å². The molecular weight excluding hydrogens is 476 g/mol. The molecule has 0 spiro atoms. The Morgan fingerprint density at radius 2 is 1.80 bits per heavy atom. The number of halogens is 2. The number of hydrogen-bond donors (Lipinski definition) is 1. The standard InChI is InChI=1S/C24H21F2N5O3S/c1-13-11-14(2)31-23(27-13)29-24(30-31)35-12-16-7-4-5-8-17(16)22(33)34-15(3)21(32)28-20-18(25)9-6-10-19(20)26/h4-11,15H,12H2,1-3H3,(H,28,32). The topological polar surface area (TPSA) is 98.5 Å². The minimum atomic E-state index is -1.29. The molecule has 2 aromatic carbocycles. The molecule has 0 bridgehead atoms. The van der Waals surface area contributed by atoms with Gasteiger partial charge in [0.2, 0.25) is 5.16 Å². The zero-order valence-electron chi connectivity index (χ0n) is 19.1. The molecule has 11 heteroatoms. The number of anilines is 1. The summed E-state index contributed by atoms with van der Waals surface area (Å²) in [6.45, 7) is 5.11. The molecule has 180 valence electrons. The monoisotopic (exact) mass is 497 g/mol. The van der Waals surface area contributed by atoms with E-state index in [0.717, 1.165) is 23.5 Å². The van der Waals surface area contributed by atoms with E-state index in [1.54, 1.807) is 28.8 Å². The van der Waals surface area contributed by atoms with Gasteiger partial charge in [-0.2, -0.15) is 4.98 Å². The van der Waals surface area contributed by atoms with Gasteiger partial charge >= 0.3 is 5.97 Å². The average Bonchev–Trinajstić information content (AvgIpc) is 3.23. The van der Waals surface area contributed by atoms with Crippen LogP contribution in [0.1, 0.15) is 34.2 Å². The number of hydrogen-bond acceptors (Lipinski definition) is 7. The van der Waals surface area contributed by atoms with Crippen LogP contribution in [0.5, 0.6) is 0 Å². The summed E-state index contributed by atoms with van der Waals surface area (Å²) < 4.78 is 34.5. The maximum atomic E-state index is 13.8. The van der Waals surface area contributed by atoms with Gasteiger partial charge in [0.05, 0.1) is 5.56 Å². The van der Waals surface area contributed by atoms with E-state index in [0.29, 0.717) is 22.3 Å². The van der Waals surface area contributed by atoms with Crippen molar-refractivity contribution in [2.75, 3.05) is 5.32 Å². The minimum Gasteiger partial charge on any atom is -0.449 e. The van der Waals surface area contributed by atoms with Gasteiger partial charge in [-0.1, -0.05) is 36.0 Å². The van der Waals surface area contributed by atoms with Crippen molar-refractivity contribution in [3.63, 3.8) is 0 Å². The summed E-state index contributed by atoms with van der Waals surface area (Å²) in [5.74, 6) is -2.61. The first-order valence-corrected chi connectivity index (χ1v) is 11.6. The van der Waals surface area contributed by atoms with E-state index in [9.17, 15) is 18.4 Å². The molecular formula is C24H21F2N5O3S. The van der Waals surface area contributed by atoms with Gasteiger partial charge in [-0.05, 0) is 50.6 Å². The Morgan fingerprint density at radius 3 is 2.54 bits per heavy atom. The van der Waals surface area contributed by atoms with Crippen LogP contribution in [-0.4, -0.2) is 37.6 Å². The molecule has 35 heavy (non-hydrogen) atoms. The van der Waals surface area contributed by atoms with Gasteiger partial charge in [-0.3, -0.25) is 4.79 Å². The maximum absolute atomic E-state index is 13.8. The van der Waals surface area contributed by atoms with E-state index in [1.807, 2.05) is 19.9 Å². The normalized spacial score (nSPS) is 11.9. The Hall–Kier alpha value is -3.86. The number of benzene rings is 2. The molecule has 8 nitrogen and oxygen atoms in total. The number of esters is 1. The zero-order valence-corrected chi connectivity index (χ0v) is 19.9. The van der Waals surface area contributed by atoms with Crippen LogP contribution in [0, 0.1) is 25.5 Å². The fourth-order valence-corrected chi connectivity index (χ4v) is 4.14. The molecule has 2 heterocycles. The van der Waals surface area contributed by atoms with Crippen molar-refractivity contribution in [3.05, 3.63) is 82.7 Å². The molecule has 4 aromatic rings. The molecule has 0 aliphatic carbocycles. The Bertz CT molecular complexity index is 1410. The molecule has 0 radical (unpaired) electrons. The second kappa shape index (κ2) is 10.2. The number of thioether (sulfide) groups is 1. The van der Waals surface area contributed by atoms with Crippen LogP contribution in [0.4, 0.5) is 14.5 Å². The largest absolute Gasteiger partial charge is 0.449 e. The van der Waals surface area contributed by atoms with E-state index >= 15 is 0 Å². The first kappa shape index (κ1) is 24.3. The third-order valence-corrected chi connectivity index (χ3v) is 5.94. The summed E-state index contributed by atoms with van der Waals surface area (Å²) in [6.07, 6.45) is -1.29. The summed E-state index contributed by atoms with van der Waals surface area (Å²) >= 11 is 1.32. The smallest absolute Gasteiger partial charge is 0.339 e. The van der Waals surface area contributed by atoms with Crippen molar-refractivity contribution in [1.29, 1.82) is 0 Å². The lowest BCUT2D eigenvalue weighted by Gasteiger charge is -2.15. The summed E-state index contributed by atoms with van der Waals surface area (Å²) in [6, 6.07) is 11.9. The van der Waals surface area contributed by atoms with Crippen LogP contribution < -0.4 is 5.32 Å². The van der Waals surface area contributed by atoms with Gasteiger partial charge in [0.1, 0.15) is 17.3 Å². The number of rotatable bonds is 7. The first-order chi connectivity index (χ1) is 16.7. The molecule has 1 N–H and O–H groups in total. The molecule has 0 aliphatic heterocycles. The number of nitrogens with zero attached hydrogens (tertiary/aromatic N) is 4. The van der Waals surface area contributed by atoms with Crippen molar-refractivity contribution in [2.24, 2.45) is 0 Å². The van der Waals surface area contributed by atoms with E-state index in [4.69, 9.17) is 4.74 Å². The van der Waals surface area contributed by atoms with Gasteiger partial charge in [-0.25, -0.2) is 23.1 Å². The molecule has 0 fully saturated rings. The zero-order chi connectivity index (χ0) is 25.1. The fourth-order valence-electron chi connectivity index (χ4n) is 3.32. The van der Waals surface area contributed by atoms with Gasteiger partial charge in [-0.15, -0.1) is 5.10 Å². The molecule has 0 saturated carbocycles. The SMILES string of the molecule is Cc1cc(C)n2nc(SCc3ccccc3C(=O)OC(C)C(=O)Nc3c(F)cccc3F)nc2n1. The summed E-state index contributed by atoms with van der Waals surface area (Å²) in [5.41, 5.74) is 2.04. The average molecular weight is 498 g/mol. The number of aryl methyl sites for hydroxylation is 2. The van der Waals surface area contributed by atoms with Crippen molar-refractivity contribution in [3.8, 4) is 0 Å². The Balaban J connectivity index is 1.44. The molecule has 1 unspecified atom stereocenters. The van der Waals surface area contributed by atoms with E-state index < -0.39 is 35.3 Å². The lowest BCUT2D eigenvalue weighted by Crippen LogP contribution is -2.31. The highest BCUT2D eigenvalue weighted by molar-refractivity contribution is 7.98. The Labute approximate surface area is 203 Å². The number of fused-ring (bicyclic) bond motifs is 1. The van der Waals surface area contributed by atoms with Crippen LogP contribution in [-0.2, 0) is 15.3 Å². The predicted octanol–water partition coefficient (Wildman–Crippen LogP) is 4.50. The van der Waals surface area contributed by atoms with Crippen LogP contribution in [0.25, 0.3) is 5.78 Å². The second-order valence-electron chi connectivity index (χ2n) is 7.72. The van der Waals surface area contributed by atoms with Crippen molar-refractivity contribution in [2.45, 2.75) is 37.8 Å². The second-order valence-corrected chi connectivity index (χ2v) is 8.67. The number of carbonyl (C=O) groups excluding carboxylic acids is 2. The maximum Gasteiger partial charge on any atom is 0.339 e. The number of nitrogens with one attached hydrogen (secondary N) is 1. The molecule has 1 amide bonds. The van der Waals surface area contributed by atoms with Gasteiger partial charge in [0.25, 0.3) is 11.7 Å². The molecule has 0 aliphatic rings. The van der Waals surface area contributed by atoms with Crippen molar-refractivity contribution < 1.29 is 23.1 Å². The first-order valence-electron chi connectivity index (χ1n) is 10.6. The Kier molecular flexibility index (Phi) is 7.06. The van der Waals surface area contributed by atoms with Gasteiger partial charge < -0.3 is 10.1 Å². The lowest BCUT2D eigenvalue weighted by atomic mass is 10.1. The fraction of sp³-hybridized carbons (Fsp3) is 0.208. The van der Waals surface area contributed by atoms with Gasteiger partial charge in [0.15, 0.2) is 6.10 Å². The molecule has 0 saturated heterocycles.